The molecule has 1 aromatic rings. The Morgan fingerprint density at radius 3 is 2.56 bits per heavy atom. The summed E-state index contributed by atoms with van der Waals surface area (Å²) in [6.07, 6.45) is 1.18. The molecule has 0 heterocycles. The van der Waals surface area contributed by atoms with E-state index in [2.05, 4.69) is 55.3 Å². The lowest BCUT2D eigenvalue weighted by Crippen LogP contribution is -2.31. The maximum absolute atomic E-state index is 3.28. The minimum atomic E-state index is 0.582. The highest BCUT2D eigenvalue weighted by molar-refractivity contribution is 5.52. The van der Waals surface area contributed by atoms with Crippen molar-refractivity contribution >= 4 is 5.69 Å². The number of rotatable bonds is 6. The Morgan fingerprint density at radius 2 is 2.00 bits per heavy atom. The van der Waals surface area contributed by atoms with E-state index in [-0.39, 0.29) is 0 Å². The van der Waals surface area contributed by atoms with Crippen molar-refractivity contribution in [2.45, 2.75) is 33.2 Å². The molecule has 0 radical (unpaired) electrons. The van der Waals surface area contributed by atoms with E-state index in [1.54, 1.807) is 0 Å². The molecule has 0 aromatic heterocycles. The van der Waals surface area contributed by atoms with Crippen LogP contribution < -0.4 is 10.2 Å². The first-order valence-electron chi connectivity index (χ1n) is 6.16. The van der Waals surface area contributed by atoms with Gasteiger partial charge in [0.25, 0.3) is 0 Å². The summed E-state index contributed by atoms with van der Waals surface area (Å²) in [4.78, 5) is 2.45. The average Bonchev–Trinajstić information content (AvgIpc) is 2.31. The molecule has 16 heavy (non-hydrogen) atoms. The summed E-state index contributed by atoms with van der Waals surface area (Å²) in [5.74, 6) is 0. The molecule has 1 N–H and O–H groups in total. The van der Waals surface area contributed by atoms with Gasteiger partial charge in [0.2, 0.25) is 0 Å². The first-order chi connectivity index (χ1) is 7.69. The Bertz CT molecular complexity index is 309. The van der Waals surface area contributed by atoms with Crippen molar-refractivity contribution in [3.8, 4) is 0 Å². The molecular weight excluding hydrogens is 196 g/mol. The third kappa shape index (κ3) is 3.53. The molecule has 0 saturated carbocycles. The van der Waals surface area contributed by atoms with Crippen molar-refractivity contribution in [2.24, 2.45) is 0 Å². The molecule has 0 spiro atoms. The van der Waals surface area contributed by atoms with Gasteiger partial charge in [0, 0.05) is 24.8 Å². The fraction of sp³-hybridized carbons (Fsp3) is 0.571. The third-order valence-corrected chi connectivity index (χ3v) is 3.16. The number of anilines is 1. The number of nitrogens with one attached hydrogen (secondary N) is 1. The number of nitrogens with zero attached hydrogens (tertiary/aromatic N) is 1. The molecule has 0 saturated heterocycles. The molecule has 2 nitrogen and oxygen atoms in total. The minimum absolute atomic E-state index is 0.582. The van der Waals surface area contributed by atoms with Crippen molar-refractivity contribution in [1.82, 2.24) is 5.32 Å². The van der Waals surface area contributed by atoms with Gasteiger partial charge in [0.05, 0.1) is 0 Å². The largest absolute Gasteiger partial charge is 0.372 e. The van der Waals surface area contributed by atoms with Crippen LogP contribution in [0.2, 0.25) is 0 Å². The van der Waals surface area contributed by atoms with E-state index >= 15 is 0 Å². The van der Waals surface area contributed by atoms with E-state index in [1.165, 1.54) is 17.7 Å². The average molecular weight is 220 g/mol. The molecule has 1 rings (SSSR count). The lowest BCUT2D eigenvalue weighted by atomic mass is 10.1. The van der Waals surface area contributed by atoms with E-state index in [4.69, 9.17) is 0 Å². The summed E-state index contributed by atoms with van der Waals surface area (Å²) in [5.41, 5.74) is 2.73. The zero-order valence-corrected chi connectivity index (χ0v) is 11.0. The molecule has 0 aliphatic rings. The fourth-order valence-electron chi connectivity index (χ4n) is 1.86. The maximum atomic E-state index is 3.28. The Morgan fingerprint density at radius 1 is 1.31 bits per heavy atom. The smallest absolute Gasteiger partial charge is 0.0395 e. The third-order valence-electron chi connectivity index (χ3n) is 3.16. The summed E-state index contributed by atoms with van der Waals surface area (Å²) >= 11 is 0. The number of benzene rings is 1. The summed E-state index contributed by atoms with van der Waals surface area (Å²) in [7, 11) is 2.02. The van der Waals surface area contributed by atoms with Crippen molar-refractivity contribution in [1.29, 1.82) is 0 Å². The number of aryl methyl sites for hydroxylation is 1. The Kier molecular flexibility index (Phi) is 5.33. The molecule has 0 aliphatic heterocycles. The van der Waals surface area contributed by atoms with Crippen LogP contribution in [0.4, 0.5) is 5.69 Å². The second kappa shape index (κ2) is 6.54. The number of hydrogen-bond donors (Lipinski definition) is 1. The van der Waals surface area contributed by atoms with Gasteiger partial charge in [-0.1, -0.05) is 18.2 Å². The molecule has 1 unspecified atom stereocenters. The van der Waals surface area contributed by atoms with Crippen LogP contribution in [0, 0.1) is 6.92 Å². The molecule has 2 heteroatoms. The second-order valence-electron chi connectivity index (χ2n) is 4.34. The standard InChI is InChI=1S/C14H24N2/c1-5-16(11-10-13(3)15-4)14-9-7-6-8-12(14)2/h6-9,13,15H,5,10-11H2,1-4H3. The van der Waals surface area contributed by atoms with Gasteiger partial charge in [-0.25, -0.2) is 0 Å². The SMILES string of the molecule is CCN(CCC(C)NC)c1ccccc1C. The Balaban J connectivity index is 2.64. The Hall–Kier alpha value is -1.02. The molecular formula is C14H24N2. The lowest BCUT2D eigenvalue weighted by Gasteiger charge is -2.26. The highest BCUT2D eigenvalue weighted by Gasteiger charge is 2.07. The predicted octanol–water partition coefficient (Wildman–Crippen LogP) is 2.82. The zero-order chi connectivity index (χ0) is 12.0. The van der Waals surface area contributed by atoms with E-state index in [9.17, 15) is 0 Å². The summed E-state index contributed by atoms with van der Waals surface area (Å²) in [6.45, 7) is 8.81. The first kappa shape index (κ1) is 13.0. The van der Waals surface area contributed by atoms with Gasteiger partial charge in [0.15, 0.2) is 0 Å². The van der Waals surface area contributed by atoms with E-state index in [0.717, 1.165) is 13.1 Å². The molecule has 0 bridgehead atoms. The van der Waals surface area contributed by atoms with Crippen LogP contribution >= 0.6 is 0 Å². The molecule has 1 aromatic carbocycles. The van der Waals surface area contributed by atoms with Gasteiger partial charge >= 0.3 is 0 Å². The van der Waals surface area contributed by atoms with Gasteiger partial charge in [-0.15, -0.1) is 0 Å². The fourth-order valence-corrected chi connectivity index (χ4v) is 1.86. The van der Waals surface area contributed by atoms with Crippen LogP contribution in [-0.4, -0.2) is 26.2 Å². The minimum Gasteiger partial charge on any atom is -0.372 e. The van der Waals surface area contributed by atoms with Crippen molar-refractivity contribution < 1.29 is 0 Å². The van der Waals surface area contributed by atoms with Crippen molar-refractivity contribution in [3.63, 3.8) is 0 Å². The molecule has 90 valence electrons. The van der Waals surface area contributed by atoms with Crippen LogP contribution in [0.3, 0.4) is 0 Å². The molecule has 0 aliphatic carbocycles. The molecule has 1 atom stereocenters. The zero-order valence-electron chi connectivity index (χ0n) is 11.0. The second-order valence-corrected chi connectivity index (χ2v) is 4.34. The van der Waals surface area contributed by atoms with Crippen LogP contribution in [0.15, 0.2) is 24.3 Å². The molecule has 0 amide bonds. The normalized spacial score (nSPS) is 12.5. The predicted molar refractivity (Wildman–Crippen MR) is 72.2 cm³/mol. The number of hydrogen-bond acceptors (Lipinski definition) is 2. The topological polar surface area (TPSA) is 15.3 Å². The summed E-state index contributed by atoms with van der Waals surface area (Å²) < 4.78 is 0. The van der Waals surface area contributed by atoms with E-state index in [1.807, 2.05) is 7.05 Å². The van der Waals surface area contributed by atoms with Gasteiger partial charge in [0.1, 0.15) is 0 Å². The van der Waals surface area contributed by atoms with Crippen LogP contribution in [0.1, 0.15) is 25.8 Å². The van der Waals surface area contributed by atoms with Gasteiger partial charge in [-0.3, -0.25) is 0 Å². The van der Waals surface area contributed by atoms with Crippen LogP contribution in [0.5, 0.6) is 0 Å². The van der Waals surface area contributed by atoms with Crippen LogP contribution in [0.25, 0.3) is 0 Å². The van der Waals surface area contributed by atoms with E-state index in [0.29, 0.717) is 6.04 Å². The maximum Gasteiger partial charge on any atom is 0.0395 e. The molecule has 0 fully saturated rings. The highest BCUT2D eigenvalue weighted by Crippen LogP contribution is 2.19. The highest BCUT2D eigenvalue weighted by atomic mass is 15.1. The van der Waals surface area contributed by atoms with Crippen molar-refractivity contribution in [2.75, 3.05) is 25.0 Å². The number of para-hydroxylation sites is 1. The van der Waals surface area contributed by atoms with E-state index < -0.39 is 0 Å². The first-order valence-corrected chi connectivity index (χ1v) is 6.16. The monoisotopic (exact) mass is 220 g/mol. The van der Waals surface area contributed by atoms with Gasteiger partial charge in [-0.2, -0.15) is 0 Å². The Labute approximate surface area is 99.7 Å². The summed E-state index contributed by atoms with van der Waals surface area (Å²) in [6, 6.07) is 9.19. The summed E-state index contributed by atoms with van der Waals surface area (Å²) in [5, 5.41) is 3.28. The van der Waals surface area contributed by atoms with Crippen LogP contribution in [-0.2, 0) is 0 Å². The lowest BCUT2D eigenvalue weighted by molar-refractivity contribution is 0.558. The van der Waals surface area contributed by atoms with Crippen molar-refractivity contribution in [3.05, 3.63) is 29.8 Å². The van der Waals surface area contributed by atoms with Gasteiger partial charge in [-0.05, 0) is 45.9 Å². The van der Waals surface area contributed by atoms with Gasteiger partial charge < -0.3 is 10.2 Å². The quantitative estimate of drug-likeness (QED) is 0.793.